The van der Waals surface area contributed by atoms with Crippen molar-refractivity contribution < 1.29 is 4.74 Å². The average molecular weight is 270 g/mol. The van der Waals surface area contributed by atoms with Crippen molar-refractivity contribution in [2.24, 2.45) is 0 Å². The summed E-state index contributed by atoms with van der Waals surface area (Å²) >= 11 is 3.30. The molecule has 1 rings (SSSR count). The summed E-state index contributed by atoms with van der Waals surface area (Å²) in [5, 5.41) is 3.27. The van der Waals surface area contributed by atoms with Crippen LogP contribution in [-0.2, 0) is 6.54 Å². The van der Waals surface area contributed by atoms with E-state index in [0.29, 0.717) is 6.61 Å². The van der Waals surface area contributed by atoms with Crippen molar-refractivity contribution in [2.75, 3.05) is 13.2 Å². The van der Waals surface area contributed by atoms with E-state index in [0.717, 1.165) is 23.3 Å². The molecule has 0 atom stereocenters. The highest BCUT2D eigenvalue weighted by Crippen LogP contribution is 2.11. The summed E-state index contributed by atoms with van der Waals surface area (Å²) in [5.41, 5.74) is 1.24. The third kappa shape index (κ3) is 5.00. The predicted octanol–water partition coefficient (Wildman–Crippen LogP) is 3.08. The average Bonchev–Trinajstić information content (AvgIpc) is 2.20. The van der Waals surface area contributed by atoms with Gasteiger partial charge in [0.25, 0.3) is 0 Å². The van der Waals surface area contributed by atoms with Gasteiger partial charge in [0.1, 0.15) is 5.75 Å². The molecule has 0 aliphatic carbocycles. The molecule has 0 aliphatic rings. The molecule has 0 aliphatic heterocycles. The Bertz CT molecular complexity index is 308. The minimum atomic E-state index is 0.709. The van der Waals surface area contributed by atoms with Crippen LogP contribution in [0.5, 0.6) is 5.75 Å². The van der Waals surface area contributed by atoms with Crippen LogP contribution in [0.2, 0.25) is 0 Å². The SMILES string of the molecule is C=C(Br)CNCc1ccc(OCC)cc1. The van der Waals surface area contributed by atoms with Crippen LogP contribution in [0.25, 0.3) is 0 Å². The van der Waals surface area contributed by atoms with Crippen LogP contribution < -0.4 is 10.1 Å². The molecule has 0 bridgehead atoms. The normalized spacial score (nSPS) is 10.0. The molecule has 1 N–H and O–H groups in total. The molecule has 0 heterocycles. The number of halogens is 1. The van der Waals surface area contributed by atoms with E-state index < -0.39 is 0 Å². The summed E-state index contributed by atoms with van der Waals surface area (Å²) in [6.45, 7) is 8.08. The van der Waals surface area contributed by atoms with Crippen LogP contribution in [0.1, 0.15) is 12.5 Å². The zero-order valence-corrected chi connectivity index (χ0v) is 10.5. The molecule has 0 aromatic heterocycles. The lowest BCUT2D eigenvalue weighted by atomic mass is 10.2. The molecular formula is C12H16BrNO. The first-order chi connectivity index (χ1) is 7.22. The Morgan fingerprint density at radius 3 is 2.60 bits per heavy atom. The third-order valence-corrected chi connectivity index (χ3v) is 2.16. The van der Waals surface area contributed by atoms with Gasteiger partial charge in [0, 0.05) is 17.6 Å². The number of hydrogen-bond donors (Lipinski definition) is 1. The molecule has 0 saturated carbocycles. The smallest absolute Gasteiger partial charge is 0.119 e. The minimum absolute atomic E-state index is 0.709. The maximum absolute atomic E-state index is 5.36. The van der Waals surface area contributed by atoms with Gasteiger partial charge in [-0.1, -0.05) is 34.6 Å². The van der Waals surface area contributed by atoms with Gasteiger partial charge in [-0.25, -0.2) is 0 Å². The summed E-state index contributed by atoms with van der Waals surface area (Å²) in [7, 11) is 0. The summed E-state index contributed by atoms with van der Waals surface area (Å²) in [4.78, 5) is 0. The summed E-state index contributed by atoms with van der Waals surface area (Å²) in [6, 6.07) is 8.11. The molecule has 0 amide bonds. The Hall–Kier alpha value is -0.800. The number of rotatable bonds is 6. The second-order valence-corrected chi connectivity index (χ2v) is 4.32. The highest BCUT2D eigenvalue weighted by molar-refractivity contribution is 9.11. The molecule has 0 saturated heterocycles. The van der Waals surface area contributed by atoms with Gasteiger partial charge >= 0.3 is 0 Å². The lowest BCUT2D eigenvalue weighted by Gasteiger charge is -2.06. The molecule has 82 valence electrons. The third-order valence-electron chi connectivity index (χ3n) is 1.88. The van der Waals surface area contributed by atoms with Gasteiger partial charge in [0.05, 0.1) is 6.61 Å². The molecule has 1 aromatic rings. The van der Waals surface area contributed by atoms with Crippen LogP contribution in [0.3, 0.4) is 0 Å². The second-order valence-electron chi connectivity index (χ2n) is 3.20. The Morgan fingerprint density at radius 1 is 1.40 bits per heavy atom. The monoisotopic (exact) mass is 269 g/mol. The fraction of sp³-hybridized carbons (Fsp3) is 0.333. The summed E-state index contributed by atoms with van der Waals surface area (Å²) in [5.74, 6) is 0.922. The summed E-state index contributed by atoms with van der Waals surface area (Å²) in [6.07, 6.45) is 0. The number of hydrogen-bond acceptors (Lipinski definition) is 2. The molecule has 0 unspecified atom stereocenters. The molecule has 0 spiro atoms. The highest BCUT2D eigenvalue weighted by Gasteiger charge is 1.94. The van der Waals surface area contributed by atoms with Crippen LogP contribution in [0, 0.1) is 0 Å². The van der Waals surface area contributed by atoms with Gasteiger partial charge in [-0.3, -0.25) is 0 Å². The van der Waals surface area contributed by atoms with Crippen LogP contribution >= 0.6 is 15.9 Å². The highest BCUT2D eigenvalue weighted by atomic mass is 79.9. The largest absolute Gasteiger partial charge is 0.494 e. The Labute approximate surface area is 99.5 Å². The Balaban J connectivity index is 2.39. The Morgan fingerprint density at radius 2 is 2.07 bits per heavy atom. The zero-order valence-electron chi connectivity index (χ0n) is 8.92. The fourth-order valence-electron chi connectivity index (χ4n) is 1.21. The van der Waals surface area contributed by atoms with Crippen LogP contribution in [-0.4, -0.2) is 13.2 Å². The lowest BCUT2D eigenvalue weighted by Crippen LogP contribution is -2.14. The van der Waals surface area contributed by atoms with E-state index in [4.69, 9.17) is 4.74 Å². The van der Waals surface area contributed by atoms with Crippen molar-refractivity contribution >= 4 is 15.9 Å². The van der Waals surface area contributed by atoms with Gasteiger partial charge in [-0.15, -0.1) is 0 Å². The maximum Gasteiger partial charge on any atom is 0.119 e. The van der Waals surface area contributed by atoms with E-state index in [1.54, 1.807) is 0 Å². The minimum Gasteiger partial charge on any atom is -0.494 e. The number of ether oxygens (including phenoxy) is 1. The van der Waals surface area contributed by atoms with Gasteiger partial charge in [-0.2, -0.15) is 0 Å². The van der Waals surface area contributed by atoms with E-state index in [2.05, 4.69) is 40.0 Å². The van der Waals surface area contributed by atoms with Gasteiger partial charge in [0.2, 0.25) is 0 Å². The Kier molecular flexibility index (Phi) is 5.43. The van der Waals surface area contributed by atoms with Crippen LogP contribution in [0.15, 0.2) is 35.3 Å². The first-order valence-corrected chi connectivity index (χ1v) is 5.77. The topological polar surface area (TPSA) is 21.3 Å². The van der Waals surface area contributed by atoms with Crippen molar-refractivity contribution in [1.82, 2.24) is 5.32 Å². The standard InChI is InChI=1S/C12H16BrNO/c1-3-15-12-6-4-11(5-7-12)9-14-8-10(2)13/h4-7,14H,2-3,8-9H2,1H3. The number of nitrogens with one attached hydrogen (secondary N) is 1. The summed E-state index contributed by atoms with van der Waals surface area (Å²) < 4.78 is 6.33. The van der Waals surface area contributed by atoms with Crippen molar-refractivity contribution in [3.63, 3.8) is 0 Å². The molecule has 0 fully saturated rings. The molecule has 2 nitrogen and oxygen atoms in total. The lowest BCUT2D eigenvalue weighted by molar-refractivity contribution is 0.340. The van der Waals surface area contributed by atoms with E-state index in [1.165, 1.54) is 5.56 Å². The van der Waals surface area contributed by atoms with E-state index in [9.17, 15) is 0 Å². The van der Waals surface area contributed by atoms with Gasteiger partial charge < -0.3 is 10.1 Å². The van der Waals surface area contributed by atoms with E-state index in [-0.39, 0.29) is 0 Å². The van der Waals surface area contributed by atoms with Crippen LogP contribution in [0.4, 0.5) is 0 Å². The van der Waals surface area contributed by atoms with Crippen molar-refractivity contribution in [3.05, 3.63) is 40.9 Å². The molecule has 1 aromatic carbocycles. The van der Waals surface area contributed by atoms with Gasteiger partial charge in [0.15, 0.2) is 0 Å². The second kappa shape index (κ2) is 6.64. The first kappa shape index (κ1) is 12.3. The van der Waals surface area contributed by atoms with Crippen molar-refractivity contribution in [3.8, 4) is 5.75 Å². The fourth-order valence-corrected chi connectivity index (χ4v) is 1.41. The van der Waals surface area contributed by atoms with Gasteiger partial charge in [-0.05, 0) is 24.6 Å². The quantitative estimate of drug-likeness (QED) is 0.857. The molecule has 15 heavy (non-hydrogen) atoms. The van der Waals surface area contributed by atoms with Crippen molar-refractivity contribution in [2.45, 2.75) is 13.5 Å². The molecular weight excluding hydrogens is 254 g/mol. The maximum atomic E-state index is 5.36. The van der Waals surface area contributed by atoms with E-state index in [1.807, 2.05) is 19.1 Å². The first-order valence-electron chi connectivity index (χ1n) is 4.98. The molecule has 0 radical (unpaired) electrons. The zero-order chi connectivity index (χ0) is 11.1. The van der Waals surface area contributed by atoms with Crippen molar-refractivity contribution in [1.29, 1.82) is 0 Å². The predicted molar refractivity (Wildman–Crippen MR) is 67.4 cm³/mol. The number of benzene rings is 1. The molecule has 3 heteroatoms. The van der Waals surface area contributed by atoms with E-state index >= 15 is 0 Å².